The molecule has 36 heavy (non-hydrogen) atoms. The Balaban J connectivity index is 1.70. The minimum atomic E-state index is -3.97. The van der Waals surface area contributed by atoms with E-state index >= 15 is 0 Å². The topological polar surface area (TPSA) is 109 Å². The molecule has 4 rings (SSSR count). The van der Waals surface area contributed by atoms with Crippen LogP contribution in [0.15, 0.2) is 46.2 Å². The highest BCUT2D eigenvalue weighted by molar-refractivity contribution is 8.04. The monoisotopic (exact) mass is 516 g/mol. The molecule has 0 amide bonds. The zero-order valence-electron chi connectivity index (χ0n) is 20.5. The first-order chi connectivity index (χ1) is 17.2. The number of carbonyl (C=O) groups excluding carboxylic acids is 1. The fraction of sp³-hybridized carbons (Fsp3) is 0.417. The Morgan fingerprint density at radius 3 is 2.69 bits per heavy atom. The van der Waals surface area contributed by atoms with E-state index in [-0.39, 0.29) is 30.4 Å². The molecule has 0 spiro atoms. The van der Waals surface area contributed by atoms with Gasteiger partial charge >= 0.3 is 5.97 Å². The molecule has 0 radical (unpaired) electrons. The third-order valence-electron chi connectivity index (χ3n) is 6.58. The van der Waals surface area contributed by atoms with Crippen LogP contribution in [0, 0.1) is 11.2 Å². The van der Waals surface area contributed by atoms with Gasteiger partial charge < -0.3 is 4.74 Å². The molecule has 1 aliphatic carbocycles. The summed E-state index contributed by atoms with van der Waals surface area (Å²) < 4.78 is 48.4. The SMILES string of the molecule is C=NN(CCC)/N=C(\C)S(=O)(=O)N1CCC2=Cc3c(cnn3-c3ccc(F)cc3)C[C@]2(C(=O)OC)C1. The molecular weight excluding hydrogens is 487 g/mol. The Labute approximate surface area is 209 Å². The molecule has 2 heterocycles. The molecule has 12 heteroatoms. The largest absolute Gasteiger partial charge is 0.468 e. The molecule has 0 N–H and O–H groups in total. The van der Waals surface area contributed by atoms with Gasteiger partial charge in [0.1, 0.15) is 11.2 Å². The second-order valence-electron chi connectivity index (χ2n) is 8.81. The molecular formula is C24H29FN6O4S. The lowest BCUT2D eigenvalue weighted by Crippen LogP contribution is -2.54. The van der Waals surface area contributed by atoms with Crippen LogP contribution in [0.4, 0.5) is 4.39 Å². The lowest BCUT2D eigenvalue weighted by molar-refractivity contribution is -0.151. The van der Waals surface area contributed by atoms with Crippen LogP contribution in [0.3, 0.4) is 0 Å². The van der Waals surface area contributed by atoms with Gasteiger partial charge in [0.05, 0.1) is 31.2 Å². The van der Waals surface area contributed by atoms with Crippen molar-refractivity contribution in [3.63, 3.8) is 0 Å². The van der Waals surface area contributed by atoms with Crippen molar-refractivity contribution < 1.29 is 22.3 Å². The van der Waals surface area contributed by atoms with Gasteiger partial charge in [-0.3, -0.25) is 4.79 Å². The van der Waals surface area contributed by atoms with Gasteiger partial charge in [0.25, 0.3) is 10.0 Å². The molecule has 1 aromatic heterocycles. The van der Waals surface area contributed by atoms with Crippen molar-refractivity contribution in [2.75, 3.05) is 26.7 Å². The summed E-state index contributed by atoms with van der Waals surface area (Å²) in [5.74, 6) is -0.860. The average molecular weight is 517 g/mol. The van der Waals surface area contributed by atoms with Crippen molar-refractivity contribution in [1.82, 2.24) is 19.2 Å². The predicted octanol–water partition coefficient (Wildman–Crippen LogP) is 2.81. The summed E-state index contributed by atoms with van der Waals surface area (Å²) in [6, 6.07) is 5.96. The minimum absolute atomic E-state index is 0.0861. The standard InChI is InChI=1S/C24H29FN6O4S/c1-5-11-30(26-3)28-17(2)36(33,34)29-12-10-19-13-22-18(14-24(19,16-29)23(32)35-4)15-27-31(22)21-8-6-20(25)7-9-21/h6-9,13,15H,3,5,10-12,14,16H2,1-2,4H3/b28-17+/t24-/m0/s1. The number of methoxy groups -OCH3 is 1. The third kappa shape index (κ3) is 4.46. The van der Waals surface area contributed by atoms with Gasteiger partial charge in [-0.1, -0.05) is 6.92 Å². The molecule has 0 saturated carbocycles. The molecule has 1 fully saturated rings. The molecule has 1 atom stereocenters. The van der Waals surface area contributed by atoms with Crippen molar-refractivity contribution in [3.05, 3.63) is 53.1 Å². The van der Waals surface area contributed by atoms with Crippen molar-refractivity contribution in [1.29, 1.82) is 0 Å². The number of sulfonamides is 1. The Bertz CT molecular complexity index is 1330. The lowest BCUT2D eigenvalue weighted by Gasteiger charge is -2.43. The molecule has 2 aliphatic rings. The highest BCUT2D eigenvalue weighted by Crippen LogP contribution is 2.45. The van der Waals surface area contributed by atoms with Crippen LogP contribution in [-0.4, -0.2) is 72.1 Å². The maximum atomic E-state index is 13.4. The molecule has 0 bridgehead atoms. The van der Waals surface area contributed by atoms with Crippen molar-refractivity contribution >= 4 is 33.8 Å². The zero-order chi connectivity index (χ0) is 26.1. The first kappa shape index (κ1) is 25.7. The second-order valence-corrected chi connectivity index (χ2v) is 10.9. The Kier molecular flexibility index (Phi) is 7.10. The van der Waals surface area contributed by atoms with Crippen LogP contribution >= 0.6 is 0 Å². The number of nitrogens with zero attached hydrogens (tertiary/aromatic N) is 6. The van der Waals surface area contributed by atoms with Gasteiger partial charge in [0, 0.05) is 19.8 Å². The molecule has 1 aromatic carbocycles. The Morgan fingerprint density at radius 2 is 2.06 bits per heavy atom. The van der Waals surface area contributed by atoms with E-state index in [0.29, 0.717) is 25.1 Å². The van der Waals surface area contributed by atoms with E-state index in [1.54, 1.807) is 23.0 Å². The first-order valence-corrected chi connectivity index (χ1v) is 13.0. The number of rotatable bonds is 7. The molecule has 1 saturated heterocycles. The molecule has 192 valence electrons. The fourth-order valence-electron chi connectivity index (χ4n) is 4.73. The van der Waals surface area contributed by atoms with E-state index in [1.807, 2.05) is 13.0 Å². The van der Waals surface area contributed by atoms with Crippen LogP contribution in [0.1, 0.15) is 37.9 Å². The normalized spacial score (nSPS) is 20.2. The van der Waals surface area contributed by atoms with E-state index < -0.39 is 21.4 Å². The molecule has 1 aliphatic heterocycles. The number of carbonyl (C=O) groups is 1. The summed E-state index contributed by atoms with van der Waals surface area (Å²) >= 11 is 0. The Hall–Kier alpha value is -3.38. The van der Waals surface area contributed by atoms with Gasteiger partial charge in [0.2, 0.25) is 0 Å². The van der Waals surface area contributed by atoms with Crippen LogP contribution in [0.25, 0.3) is 11.8 Å². The van der Waals surface area contributed by atoms with Crippen molar-refractivity contribution in [3.8, 4) is 5.69 Å². The maximum Gasteiger partial charge on any atom is 0.317 e. The number of ether oxygens (including phenoxy) is 1. The van der Waals surface area contributed by atoms with Crippen molar-refractivity contribution in [2.24, 2.45) is 15.6 Å². The number of fused-ring (bicyclic) bond motifs is 2. The third-order valence-corrected chi connectivity index (χ3v) is 8.40. The van der Waals surface area contributed by atoms with Crippen molar-refractivity contribution in [2.45, 2.75) is 33.1 Å². The van der Waals surface area contributed by atoms with Gasteiger partial charge in [-0.25, -0.2) is 17.5 Å². The number of halogens is 1. The average Bonchev–Trinajstić information content (AvgIpc) is 3.28. The second kappa shape index (κ2) is 9.94. The van der Waals surface area contributed by atoms with Gasteiger partial charge in [-0.05, 0) is 67.7 Å². The van der Waals surface area contributed by atoms with Crippen LogP contribution in [0.2, 0.25) is 0 Å². The van der Waals surface area contributed by atoms with Crippen LogP contribution < -0.4 is 0 Å². The lowest BCUT2D eigenvalue weighted by atomic mass is 9.69. The highest BCUT2D eigenvalue weighted by atomic mass is 32.2. The number of hydrogen-bond donors (Lipinski definition) is 0. The summed E-state index contributed by atoms with van der Waals surface area (Å²) in [6.07, 6.45) is 4.79. The van der Waals surface area contributed by atoms with E-state index in [4.69, 9.17) is 4.74 Å². The number of hydrogen-bond acceptors (Lipinski definition) is 8. The van der Waals surface area contributed by atoms with E-state index in [0.717, 1.165) is 16.8 Å². The maximum absolute atomic E-state index is 13.4. The van der Waals surface area contributed by atoms with Gasteiger partial charge in [-0.15, -0.1) is 5.10 Å². The molecule has 10 nitrogen and oxygen atoms in total. The van der Waals surface area contributed by atoms with Gasteiger partial charge in [0.15, 0.2) is 5.04 Å². The summed E-state index contributed by atoms with van der Waals surface area (Å²) in [7, 11) is -2.68. The molecule has 2 aromatic rings. The predicted molar refractivity (Wildman–Crippen MR) is 134 cm³/mol. The Morgan fingerprint density at radius 1 is 1.33 bits per heavy atom. The quantitative estimate of drug-likeness (QED) is 0.242. The van der Waals surface area contributed by atoms with Gasteiger partial charge in [-0.2, -0.15) is 19.6 Å². The van der Waals surface area contributed by atoms with Crippen LogP contribution in [0.5, 0.6) is 0 Å². The van der Waals surface area contributed by atoms with Crippen LogP contribution in [-0.2, 0) is 26.0 Å². The number of piperidine rings is 1. The molecule has 0 unspecified atom stereocenters. The fourth-order valence-corrected chi connectivity index (χ4v) is 6.02. The summed E-state index contributed by atoms with van der Waals surface area (Å²) in [5, 5.41) is 13.4. The van der Waals surface area contributed by atoms with E-state index in [9.17, 15) is 17.6 Å². The number of aromatic nitrogens is 2. The number of benzene rings is 1. The zero-order valence-corrected chi connectivity index (χ0v) is 21.3. The number of esters is 1. The van der Waals surface area contributed by atoms with E-state index in [2.05, 4.69) is 22.0 Å². The minimum Gasteiger partial charge on any atom is -0.468 e. The summed E-state index contributed by atoms with van der Waals surface area (Å²) in [4.78, 5) is 13.2. The highest BCUT2D eigenvalue weighted by Gasteiger charge is 2.52. The smallest absolute Gasteiger partial charge is 0.317 e. The first-order valence-electron chi connectivity index (χ1n) is 11.6. The number of hydrazone groups is 2. The summed E-state index contributed by atoms with van der Waals surface area (Å²) in [5.41, 5.74) is 1.80. The summed E-state index contributed by atoms with van der Waals surface area (Å²) in [6.45, 7) is 7.29. The van der Waals surface area contributed by atoms with E-state index in [1.165, 1.54) is 35.6 Å².